The normalized spacial score (nSPS) is 14.2. The minimum absolute atomic E-state index is 0.585. The van der Waals surface area contributed by atoms with E-state index in [0.717, 1.165) is 35.4 Å². The van der Waals surface area contributed by atoms with Crippen LogP contribution in [0.15, 0.2) is 41.6 Å². The molecule has 0 radical (unpaired) electrons. The van der Waals surface area contributed by atoms with Gasteiger partial charge in [0.1, 0.15) is 5.84 Å². The van der Waals surface area contributed by atoms with E-state index in [4.69, 9.17) is 12.2 Å². The predicted octanol–water partition coefficient (Wildman–Crippen LogP) is 1.85. The summed E-state index contributed by atoms with van der Waals surface area (Å²) >= 11 is 5.08. The monoisotopic (exact) mass is 285 g/mol. The van der Waals surface area contributed by atoms with E-state index in [1.807, 2.05) is 29.4 Å². The van der Waals surface area contributed by atoms with Gasteiger partial charge in [-0.3, -0.25) is 9.99 Å². The van der Waals surface area contributed by atoms with Crippen LogP contribution in [0.1, 0.15) is 6.42 Å². The largest absolute Gasteiger partial charge is 0.365 e. The Morgan fingerprint density at radius 2 is 2.20 bits per heavy atom. The van der Waals surface area contributed by atoms with E-state index in [0.29, 0.717) is 5.11 Å². The fourth-order valence-electron chi connectivity index (χ4n) is 2.13. The molecule has 1 aliphatic rings. The van der Waals surface area contributed by atoms with E-state index >= 15 is 0 Å². The quantitative estimate of drug-likeness (QED) is 0.783. The predicted molar refractivity (Wildman–Crippen MR) is 85.9 cm³/mol. The molecule has 1 aliphatic heterocycles. The number of hydrazone groups is 1. The van der Waals surface area contributed by atoms with Crippen LogP contribution in [0.4, 0.5) is 5.69 Å². The van der Waals surface area contributed by atoms with Crippen LogP contribution < -0.4 is 15.6 Å². The van der Waals surface area contributed by atoms with Crippen molar-refractivity contribution in [1.29, 1.82) is 0 Å². The lowest BCUT2D eigenvalue weighted by atomic mass is 10.2. The van der Waals surface area contributed by atoms with Crippen molar-refractivity contribution in [3.63, 3.8) is 0 Å². The van der Waals surface area contributed by atoms with Gasteiger partial charge in [-0.05, 0) is 24.4 Å². The minimum Gasteiger partial charge on any atom is -0.365 e. The van der Waals surface area contributed by atoms with Crippen LogP contribution in [0.25, 0.3) is 10.9 Å². The van der Waals surface area contributed by atoms with Crippen molar-refractivity contribution in [3.05, 3.63) is 36.5 Å². The minimum atomic E-state index is 0.585. The van der Waals surface area contributed by atoms with Gasteiger partial charge in [0.25, 0.3) is 0 Å². The van der Waals surface area contributed by atoms with Gasteiger partial charge >= 0.3 is 0 Å². The van der Waals surface area contributed by atoms with Crippen LogP contribution in [-0.2, 0) is 0 Å². The highest BCUT2D eigenvalue weighted by Crippen LogP contribution is 2.22. The molecule has 5 nitrogen and oxygen atoms in total. The first-order chi connectivity index (χ1) is 9.76. The van der Waals surface area contributed by atoms with Gasteiger partial charge in [0, 0.05) is 25.4 Å². The number of hydrogen-bond acceptors (Lipinski definition) is 4. The number of rotatable bonds is 1. The van der Waals surface area contributed by atoms with Crippen molar-refractivity contribution in [2.24, 2.45) is 5.10 Å². The summed E-state index contributed by atoms with van der Waals surface area (Å²) in [5, 5.41) is 14.1. The molecule has 0 atom stereocenters. The first-order valence-corrected chi connectivity index (χ1v) is 6.85. The summed E-state index contributed by atoms with van der Waals surface area (Å²) in [7, 11) is 1.79. The molecule has 0 saturated carbocycles. The van der Waals surface area contributed by atoms with Crippen molar-refractivity contribution in [2.75, 3.05) is 18.6 Å². The lowest BCUT2D eigenvalue weighted by molar-refractivity contribution is 0.919. The van der Waals surface area contributed by atoms with Gasteiger partial charge in [0.05, 0.1) is 17.4 Å². The van der Waals surface area contributed by atoms with Crippen LogP contribution in [-0.4, -0.2) is 29.5 Å². The molecule has 2 heterocycles. The Hall–Kier alpha value is -2.21. The number of benzene rings is 1. The van der Waals surface area contributed by atoms with E-state index in [2.05, 4.69) is 32.9 Å². The molecule has 0 fully saturated rings. The molecular weight excluding hydrogens is 270 g/mol. The maximum absolute atomic E-state index is 5.08. The maximum atomic E-state index is 5.08. The van der Waals surface area contributed by atoms with Crippen LogP contribution >= 0.6 is 12.2 Å². The van der Waals surface area contributed by atoms with E-state index in [1.165, 1.54) is 0 Å². The third kappa shape index (κ3) is 2.55. The summed E-state index contributed by atoms with van der Waals surface area (Å²) in [4.78, 5) is 4.46. The average Bonchev–Trinajstić information content (AvgIpc) is 2.95. The van der Waals surface area contributed by atoms with Gasteiger partial charge in [0.2, 0.25) is 0 Å². The molecule has 0 amide bonds. The highest BCUT2D eigenvalue weighted by molar-refractivity contribution is 7.80. The van der Waals surface area contributed by atoms with Crippen molar-refractivity contribution < 1.29 is 0 Å². The standard InChI is InChI=1S/C14H15N5S/c1-15-14(20)17-13-6-7-19(18-13)11-8-10-4-2-3-5-12(10)16-9-11/h2-5,8-9H,6-7H2,1H3,(H2,15,17,18,20). The Labute approximate surface area is 122 Å². The zero-order chi connectivity index (χ0) is 13.9. The third-order valence-corrected chi connectivity index (χ3v) is 3.47. The van der Waals surface area contributed by atoms with E-state index < -0.39 is 0 Å². The van der Waals surface area contributed by atoms with Crippen LogP contribution in [0.2, 0.25) is 0 Å². The van der Waals surface area contributed by atoms with Gasteiger partial charge < -0.3 is 10.6 Å². The summed E-state index contributed by atoms with van der Waals surface area (Å²) in [6, 6.07) is 10.2. The highest BCUT2D eigenvalue weighted by Gasteiger charge is 2.17. The number of anilines is 1. The highest BCUT2D eigenvalue weighted by atomic mass is 32.1. The third-order valence-electron chi connectivity index (χ3n) is 3.16. The maximum Gasteiger partial charge on any atom is 0.171 e. The molecule has 2 N–H and O–H groups in total. The van der Waals surface area contributed by atoms with Crippen LogP contribution in [0, 0.1) is 0 Å². The molecule has 3 rings (SSSR count). The van der Waals surface area contributed by atoms with Gasteiger partial charge in [-0.25, -0.2) is 0 Å². The van der Waals surface area contributed by atoms with Gasteiger partial charge in [-0.1, -0.05) is 18.2 Å². The van der Waals surface area contributed by atoms with Crippen molar-refractivity contribution in [1.82, 2.24) is 15.6 Å². The fourth-order valence-corrected chi connectivity index (χ4v) is 2.24. The zero-order valence-electron chi connectivity index (χ0n) is 11.1. The van der Waals surface area contributed by atoms with E-state index in [-0.39, 0.29) is 0 Å². The van der Waals surface area contributed by atoms with Crippen LogP contribution in [0.5, 0.6) is 0 Å². The van der Waals surface area contributed by atoms with Gasteiger partial charge in [-0.15, -0.1) is 0 Å². The Morgan fingerprint density at radius 3 is 3.05 bits per heavy atom. The number of amidine groups is 1. The molecule has 0 spiro atoms. The number of nitrogens with one attached hydrogen (secondary N) is 2. The molecule has 0 saturated heterocycles. The zero-order valence-corrected chi connectivity index (χ0v) is 11.9. The second-order valence-corrected chi connectivity index (χ2v) is 4.92. The number of pyridine rings is 1. The average molecular weight is 285 g/mol. The number of fused-ring (bicyclic) bond motifs is 1. The van der Waals surface area contributed by atoms with E-state index in [1.54, 1.807) is 7.05 Å². The first kappa shape index (κ1) is 12.8. The summed E-state index contributed by atoms with van der Waals surface area (Å²) < 4.78 is 0. The molecule has 1 aromatic carbocycles. The smallest absolute Gasteiger partial charge is 0.171 e. The summed E-state index contributed by atoms with van der Waals surface area (Å²) in [6.45, 7) is 0.828. The molecule has 20 heavy (non-hydrogen) atoms. The topological polar surface area (TPSA) is 52.6 Å². The molecule has 6 heteroatoms. The summed E-state index contributed by atoms with van der Waals surface area (Å²) in [5.41, 5.74) is 1.99. The van der Waals surface area contributed by atoms with Crippen LogP contribution in [0.3, 0.4) is 0 Å². The lowest BCUT2D eigenvalue weighted by Crippen LogP contribution is -2.36. The lowest BCUT2D eigenvalue weighted by Gasteiger charge is -2.13. The Morgan fingerprint density at radius 1 is 1.35 bits per heavy atom. The number of para-hydroxylation sites is 1. The summed E-state index contributed by atoms with van der Waals surface area (Å²) in [5.74, 6) is 0.873. The van der Waals surface area contributed by atoms with E-state index in [9.17, 15) is 0 Å². The number of thiocarbonyl (C=S) groups is 1. The molecule has 102 valence electrons. The van der Waals surface area contributed by atoms with Gasteiger partial charge in [0.15, 0.2) is 5.11 Å². The molecule has 0 unspecified atom stereocenters. The SMILES string of the molecule is CNC(=S)NC1=NN(c2cnc3ccccc3c2)CC1. The molecule has 0 bridgehead atoms. The molecule has 1 aromatic heterocycles. The Bertz CT molecular complexity index is 682. The molecule has 2 aromatic rings. The Balaban J connectivity index is 1.83. The molecule has 0 aliphatic carbocycles. The fraction of sp³-hybridized carbons (Fsp3) is 0.214. The van der Waals surface area contributed by atoms with Crippen molar-refractivity contribution >= 4 is 39.8 Å². The number of aromatic nitrogens is 1. The Kier molecular flexibility index (Phi) is 3.47. The number of hydrogen-bond donors (Lipinski definition) is 2. The van der Waals surface area contributed by atoms with Crippen molar-refractivity contribution in [3.8, 4) is 0 Å². The van der Waals surface area contributed by atoms with Gasteiger partial charge in [-0.2, -0.15) is 5.10 Å². The second kappa shape index (κ2) is 5.42. The van der Waals surface area contributed by atoms with Crippen molar-refractivity contribution in [2.45, 2.75) is 6.42 Å². The molecular formula is C14H15N5S. The number of nitrogens with zero attached hydrogens (tertiary/aromatic N) is 3. The first-order valence-electron chi connectivity index (χ1n) is 6.45. The second-order valence-electron chi connectivity index (χ2n) is 4.51. The summed E-state index contributed by atoms with van der Waals surface area (Å²) in [6.07, 6.45) is 2.69.